The minimum Gasteiger partial charge on any atom is -0.297 e. The van der Waals surface area contributed by atoms with Gasteiger partial charge < -0.3 is 0 Å². The van der Waals surface area contributed by atoms with Gasteiger partial charge in [0.2, 0.25) is 10.0 Å². The second kappa shape index (κ2) is 8.05. The van der Waals surface area contributed by atoms with Gasteiger partial charge in [-0.2, -0.15) is 5.26 Å². The first-order valence-electron chi connectivity index (χ1n) is 7.11. The highest BCUT2D eigenvalue weighted by Gasteiger charge is 2.23. The molecule has 25 heavy (non-hydrogen) atoms. The monoisotopic (exact) mass is 396 g/mol. The molecule has 0 unspecified atom stereocenters. The molecule has 132 valence electrons. The SMILES string of the molecule is Cc1csc([C@H](C#N)C(=O)CSc2ccc(S(=O)(=O)N(C)C)cn2)n1. The normalized spacial score (nSPS) is 12.8. The number of aromatic nitrogens is 2. The third-order valence-electron chi connectivity index (χ3n) is 3.18. The number of rotatable bonds is 7. The average Bonchev–Trinajstić information content (AvgIpc) is 3.00. The van der Waals surface area contributed by atoms with E-state index in [2.05, 4.69) is 9.97 Å². The van der Waals surface area contributed by atoms with Gasteiger partial charge in [-0.25, -0.2) is 22.7 Å². The highest BCUT2D eigenvalue weighted by molar-refractivity contribution is 7.99. The van der Waals surface area contributed by atoms with Gasteiger partial charge in [0.25, 0.3) is 0 Å². The second-order valence-electron chi connectivity index (χ2n) is 5.26. The Hall–Kier alpha value is -1.80. The van der Waals surface area contributed by atoms with Crippen molar-refractivity contribution in [3.05, 3.63) is 34.4 Å². The molecule has 0 aliphatic carbocycles. The summed E-state index contributed by atoms with van der Waals surface area (Å²) in [5.74, 6) is -1.09. The number of carbonyl (C=O) groups is 1. The summed E-state index contributed by atoms with van der Waals surface area (Å²) in [5.41, 5.74) is 0.778. The molecule has 7 nitrogen and oxygen atoms in total. The lowest BCUT2D eigenvalue weighted by atomic mass is 10.1. The molecule has 1 atom stereocenters. The number of nitriles is 1. The fraction of sp³-hybridized carbons (Fsp3) is 0.333. The Morgan fingerprint density at radius 1 is 1.44 bits per heavy atom. The number of aryl methyl sites for hydroxylation is 1. The van der Waals surface area contributed by atoms with Crippen LogP contribution in [-0.4, -0.2) is 48.3 Å². The average molecular weight is 397 g/mol. The second-order valence-corrected chi connectivity index (χ2v) is 9.30. The van der Waals surface area contributed by atoms with Gasteiger partial charge >= 0.3 is 0 Å². The number of Topliss-reactive ketones (excluding diaryl/α,β-unsaturated/α-hetero) is 1. The molecule has 2 aromatic heterocycles. The van der Waals surface area contributed by atoms with Crippen LogP contribution in [0, 0.1) is 18.3 Å². The molecule has 0 N–H and O–H groups in total. The van der Waals surface area contributed by atoms with Crippen molar-refractivity contribution >= 4 is 38.9 Å². The summed E-state index contributed by atoms with van der Waals surface area (Å²) in [7, 11) is -0.644. The van der Waals surface area contributed by atoms with Crippen molar-refractivity contribution in [1.82, 2.24) is 14.3 Å². The van der Waals surface area contributed by atoms with Crippen LogP contribution in [0.3, 0.4) is 0 Å². The van der Waals surface area contributed by atoms with E-state index in [-0.39, 0.29) is 16.4 Å². The number of ketones is 1. The van der Waals surface area contributed by atoms with Crippen molar-refractivity contribution in [2.75, 3.05) is 19.8 Å². The number of hydrogen-bond acceptors (Lipinski definition) is 8. The smallest absolute Gasteiger partial charge is 0.244 e. The van der Waals surface area contributed by atoms with Crippen LogP contribution in [0.25, 0.3) is 0 Å². The van der Waals surface area contributed by atoms with E-state index in [0.717, 1.165) is 21.8 Å². The van der Waals surface area contributed by atoms with Crippen molar-refractivity contribution in [2.24, 2.45) is 0 Å². The maximum atomic E-state index is 12.3. The van der Waals surface area contributed by atoms with E-state index in [1.807, 2.05) is 6.07 Å². The first kappa shape index (κ1) is 19.5. The summed E-state index contributed by atoms with van der Waals surface area (Å²) >= 11 is 2.45. The number of hydrogen-bond donors (Lipinski definition) is 0. The quantitative estimate of drug-likeness (QED) is 0.660. The van der Waals surface area contributed by atoms with Crippen LogP contribution in [0.15, 0.2) is 33.6 Å². The molecule has 0 aliphatic rings. The third kappa shape index (κ3) is 4.64. The molecule has 0 bridgehead atoms. The molecular formula is C15H16N4O3S3. The van der Waals surface area contributed by atoms with E-state index in [9.17, 15) is 18.5 Å². The van der Waals surface area contributed by atoms with E-state index < -0.39 is 15.9 Å². The predicted molar refractivity (Wildman–Crippen MR) is 96.0 cm³/mol. The van der Waals surface area contributed by atoms with Gasteiger partial charge in [-0.15, -0.1) is 11.3 Å². The van der Waals surface area contributed by atoms with E-state index in [4.69, 9.17) is 0 Å². The summed E-state index contributed by atoms with van der Waals surface area (Å²) < 4.78 is 25.1. The molecule has 0 saturated carbocycles. The number of nitrogens with zero attached hydrogens (tertiary/aromatic N) is 4. The minimum absolute atomic E-state index is 0.0592. The maximum Gasteiger partial charge on any atom is 0.244 e. The molecule has 0 fully saturated rings. The largest absolute Gasteiger partial charge is 0.297 e. The van der Waals surface area contributed by atoms with Gasteiger partial charge in [-0.05, 0) is 19.1 Å². The molecule has 2 aromatic rings. The number of carbonyl (C=O) groups excluding carboxylic acids is 1. The van der Waals surface area contributed by atoms with Crippen LogP contribution < -0.4 is 0 Å². The Morgan fingerprint density at radius 3 is 2.64 bits per heavy atom. The molecule has 0 aromatic carbocycles. The van der Waals surface area contributed by atoms with Gasteiger partial charge in [0.1, 0.15) is 9.90 Å². The maximum absolute atomic E-state index is 12.3. The van der Waals surface area contributed by atoms with E-state index in [1.165, 1.54) is 37.7 Å². The van der Waals surface area contributed by atoms with Crippen LogP contribution in [0.4, 0.5) is 0 Å². The summed E-state index contributed by atoms with van der Waals surface area (Å²) in [5, 5.41) is 12.0. The van der Waals surface area contributed by atoms with Gasteiger partial charge in [0, 0.05) is 31.4 Å². The molecule has 10 heteroatoms. The fourth-order valence-electron chi connectivity index (χ4n) is 1.81. The number of pyridine rings is 1. The molecule has 0 spiro atoms. The van der Waals surface area contributed by atoms with Crippen molar-refractivity contribution in [3.8, 4) is 6.07 Å². The Balaban J connectivity index is 2.04. The lowest BCUT2D eigenvalue weighted by Crippen LogP contribution is -2.22. The molecule has 2 rings (SSSR count). The highest BCUT2D eigenvalue weighted by atomic mass is 32.2. The summed E-state index contributed by atoms with van der Waals surface area (Å²) in [6, 6.07) is 4.98. The zero-order chi connectivity index (χ0) is 18.6. The Kier molecular flexibility index (Phi) is 6.29. The number of thioether (sulfide) groups is 1. The van der Waals surface area contributed by atoms with Crippen LogP contribution in [-0.2, 0) is 14.8 Å². The molecule has 0 aliphatic heterocycles. The van der Waals surface area contributed by atoms with E-state index >= 15 is 0 Å². The molecule has 2 heterocycles. The molecule has 0 radical (unpaired) electrons. The first-order valence-corrected chi connectivity index (χ1v) is 10.4. The minimum atomic E-state index is -3.53. The molecule has 0 saturated heterocycles. The summed E-state index contributed by atoms with van der Waals surface area (Å²) in [4.78, 5) is 20.6. The Labute approximate surface area is 154 Å². The first-order chi connectivity index (χ1) is 11.8. The van der Waals surface area contributed by atoms with Crippen molar-refractivity contribution in [1.29, 1.82) is 5.26 Å². The van der Waals surface area contributed by atoms with Gasteiger partial charge in [0.05, 0.1) is 16.8 Å². The van der Waals surface area contributed by atoms with Crippen molar-refractivity contribution in [2.45, 2.75) is 22.8 Å². The van der Waals surface area contributed by atoms with E-state index in [0.29, 0.717) is 10.0 Å². The Bertz CT molecular complexity index is 899. The highest BCUT2D eigenvalue weighted by Crippen LogP contribution is 2.24. The zero-order valence-electron chi connectivity index (χ0n) is 13.8. The van der Waals surface area contributed by atoms with Crippen LogP contribution in [0.2, 0.25) is 0 Å². The van der Waals surface area contributed by atoms with Gasteiger partial charge in [0.15, 0.2) is 11.7 Å². The summed E-state index contributed by atoms with van der Waals surface area (Å²) in [6.45, 7) is 1.81. The van der Waals surface area contributed by atoms with Crippen molar-refractivity contribution in [3.63, 3.8) is 0 Å². The lowest BCUT2D eigenvalue weighted by molar-refractivity contribution is -0.116. The van der Waals surface area contributed by atoms with Gasteiger partial charge in [-0.1, -0.05) is 11.8 Å². The fourth-order valence-corrected chi connectivity index (χ4v) is 4.27. The van der Waals surface area contributed by atoms with Crippen LogP contribution in [0.1, 0.15) is 16.6 Å². The topological polar surface area (TPSA) is 104 Å². The van der Waals surface area contributed by atoms with Crippen molar-refractivity contribution < 1.29 is 13.2 Å². The standard InChI is InChI=1S/C15H16N4O3S3/c1-10-8-24-15(18-10)12(6-16)13(20)9-23-14-5-4-11(7-17-14)25(21,22)19(2)3/h4-5,7-8,12H,9H2,1-3H3/t12-/m1/s1. The van der Waals surface area contributed by atoms with Crippen LogP contribution in [0.5, 0.6) is 0 Å². The molecular weight excluding hydrogens is 380 g/mol. The van der Waals surface area contributed by atoms with Gasteiger partial charge in [-0.3, -0.25) is 4.79 Å². The van der Waals surface area contributed by atoms with Crippen LogP contribution >= 0.6 is 23.1 Å². The Morgan fingerprint density at radius 2 is 2.16 bits per heavy atom. The summed E-state index contributed by atoms with van der Waals surface area (Å²) in [6.07, 6.45) is 1.26. The molecule has 0 amide bonds. The third-order valence-corrected chi connectivity index (χ3v) is 6.98. The van der Waals surface area contributed by atoms with E-state index in [1.54, 1.807) is 18.4 Å². The number of sulfonamides is 1. The zero-order valence-corrected chi connectivity index (χ0v) is 16.3. The predicted octanol–water partition coefficient (Wildman–Crippen LogP) is 2.07. The number of thiazole rings is 1. The lowest BCUT2D eigenvalue weighted by Gasteiger charge is -2.11.